The summed E-state index contributed by atoms with van der Waals surface area (Å²) in [6, 6.07) is 8.51. The summed E-state index contributed by atoms with van der Waals surface area (Å²) in [5.41, 5.74) is 12.1. The summed E-state index contributed by atoms with van der Waals surface area (Å²) >= 11 is 1.91. The van der Waals surface area contributed by atoms with E-state index in [4.69, 9.17) is 15.5 Å². The zero-order chi connectivity index (χ0) is 26.2. The van der Waals surface area contributed by atoms with Crippen LogP contribution in [-0.2, 0) is 11.2 Å². The van der Waals surface area contributed by atoms with Crippen LogP contribution >= 0.6 is 11.8 Å². The van der Waals surface area contributed by atoms with Gasteiger partial charge >= 0.3 is 0 Å². The predicted octanol–water partition coefficient (Wildman–Crippen LogP) is 5.42. The summed E-state index contributed by atoms with van der Waals surface area (Å²) in [4.78, 5) is 12.7. The molecular weight excluding hydrogens is 470 g/mol. The highest BCUT2D eigenvalue weighted by atomic mass is 32.2. The number of aliphatic imine (C=N–C) groups is 2. The number of thioether (sulfide) groups is 1. The van der Waals surface area contributed by atoms with Crippen molar-refractivity contribution in [3.63, 3.8) is 0 Å². The van der Waals surface area contributed by atoms with Crippen LogP contribution in [0.3, 0.4) is 0 Å². The predicted molar refractivity (Wildman–Crippen MR) is 153 cm³/mol. The van der Waals surface area contributed by atoms with Gasteiger partial charge in [-0.2, -0.15) is 5.10 Å². The van der Waals surface area contributed by atoms with Crippen LogP contribution in [0.25, 0.3) is 0 Å². The SMILES string of the molecule is CC/C(C)=C(C(\C=NC)=C\N)/C(OC)=C(\N=C(/C)N(C)c1ccc2c(c1)CCS2)Nc1cc(C)[nH]n1. The van der Waals surface area contributed by atoms with E-state index >= 15 is 0 Å². The van der Waals surface area contributed by atoms with E-state index in [1.165, 1.54) is 10.5 Å². The molecule has 4 N–H and O–H groups in total. The molecule has 0 unspecified atom stereocenters. The molecule has 0 amide bonds. The van der Waals surface area contributed by atoms with Crippen LogP contribution in [-0.4, -0.2) is 49.2 Å². The van der Waals surface area contributed by atoms with Gasteiger partial charge in [0.2, 0.25) is 0 Å². The molecule has 2 aromatic rings. The van der Waals surface area contributed by atoms with Crippen LogP contribution in [0.4, 0.5) is 11.5 Å². The smallest absolute Gasteiger partial charge is 0.176 e. The number of aryl methyl sites for hydroxylation is 2. The third kappa shape index (κ3) is 6.20. The van der Waals surface area contributed by atoms with Gasteiger partial charge in [-0.15, -0.1) is 11.8 Å². The van der Waals surface area contributed by atoms with Crippen molar-refractivity contribution in [2.45, 2.75) is 45.4 Å². The first kappa shape index (κ1) is 27.1. The van der Waals surface area contributed by atoms with Crippen LogP contribution < -0.4 is 16.0 Å². The van der Waals surface area contributed by atoms with Crippen molar-refractivity contribution in [3.05, 3.63) is 70.0 Å². The second-order valence-electron chi connectivity index (χ2n) is 8.57. The molecule has 0 radical (unpaired) electrons. The highest BCUT2D eigenvalue weighted by Gasteiger charge is 2.21. The van der Waals surface area contributed by atoms with Gasteiger partial charge in [0.1, 0.15) is 5.84 Å². The Labute approximate surface area is 218 Å². The van der Waals surface area contributed by atoms with Gasteiger partial charge in [-0.3, -0.25) is 10.1 Å². The van der Waals surface area contributed by atoms with E-state index in [9.17, 15) is 0 Å². The largest absolute Gasteiger partial charge is 0.492 e. The molecule has 192 valence electrons. The summed E-state index contributed by atoms with van der Waals surface area (Å²) < 4.78 is 5.99. The lowest BCUT2D eigenvalue weighted by Crippen LogP contribution is -2.24. The van der Waals surface area contributed by atoms with E-state index in [0.29, 0.717) is 17.4 Å². The molecule has 0 atom stereocenters. The van der Waals surface area contributed by atoms with Crippen molar-refractivity contribution in [2.75, 3.05) is 37.2 Å². The maximum absolute atomic E-state index is 6.02. The molecule has 9 heteroatoms. The minimum absolute atomic E-state index is 0.525. The van der Waals surface area contributed by atoms with Crippen molar-refractivity contribution in [3.8, 4) is 0 Å². The van der Waals surface area contributed by atoms with Gasteiger partial charge in [0.15, 0.2) is 17.4 Å². The number of hydrogen-bond donors (Lipinski definition) is 3. The number of nitrogens with two attached hydrogens (primary N) is 1. The van der Waals surface area contributed by atoms with Crippen molar-refractivity contribution >= 4 is 35.3 Å². The third-order valence-electron chi connectivity index (χ3n) is 6.11. The minimum Gasteiger partial charge on any atom is -0.492 e. The molecule has 2 heterocycles. The molecular formula is C27H37N7OS. The number of aromatic amines is 1. The number of ether oxygens (including phenoxy) is 1. The molecule has 3 rings (SSSR count). The van der Waals surface area contributed by atoms with Crippen molar-refractivity contribution < 1.29 is 4.74 Å². The van der Waals surface area contributed by atoms with Gasteiger partial charge in [-0.25, -0.2) is 4.99 Å². The van der Waals surface area contributed by atoms with Gasteiger partial charge in [-0.1, -0.05) is 12.5 Å². The normalized spacial score (nSPS) is 15.5. The number of aromatic nitrogens is 2. The van der Waals surface area contributed by atoms with E-state index in [-0.39, 0.29) is 0 Å². The second-order valence-corrected chi connectivity index (χ2v) is 9.71. The average Bonchev–Trinajstić information content (AvgIpc) is 3.52. The monoisotopic (exact) mass is 507 g/mol. The fourth-order valence-corrected chi connectivity index (χ4v) is 4.99. The van der Waals surface area contributed by atoms with Crippen LogP contribution in [0.5, 0.6) is 0 Å². The van der Waals surface area contributed by atoms with Crippen LogP contribution in [0, 0.1) is 6.92 Å². The second kappa shape index (κ2) is 12.5. The summed E-state index contributed by atoms with van der Waals surface area (Å²) in [6.07, 6.45) is 5.17. The van der Waals surface area contributed by atoms with Gasteiger partial charge in [0.05, 0.1) is 7.11 Å². The number of nitrogens with one attached hydrogen (secondary N) is 2. The molecule has 0 saturated heterocycles. The van der Waals surface area contributed by atoms with Crippen LogP contribution in [0.2, 0.25) is 0 Å². The zero-order valence-corrected chi connectivity index (χ0v) is 23.1. The summed E-state index contributed by atoms with van der Waals surface area (Å²) in [5, 5.41) is 10.7. The number of anilines is 2. The van der Waals surface area contributed by atoms with Crippen LogP contribution in [0.15, 0.2) is 73.6 Å². The van der Waals surface area contributed by atoms with Gasteiger partial charge in [-0.05, 0) is 57.4 Å². The number of fused-ring (bicyclic) bond motifs is 1. The molecule has 0 aliphatic carbocycles. The zero-order valence-electron chi connectivity index (χ0n) is 22.3. The van der Waals surface area contributed by atoms with Crippen molar-refractivity contribution in [1.29, 1.82) is 0 Å². The lowest BCUT2D eigenvalue weighted by molar-refractivity contribution is 0.297. The third-order valence-corrected chi connectivity index (χ3v) is 7.23. The molecule has 1 aliphatic heterocycles. The number of hydrogen-bond acceptors (Lipinski definition) is 7. The maximum atomic E-state index is 6.02. The molecule has 36 heavy (non-hydrogen) atoms. The van der Waals surface area contributed by atoms with Gasteiger partial charge in [0, 0.05) is 65.8 Å². The quantitative estimate of drug-likeness (QED) is 0.181. The van der Waals surface area contributed by atoms with E-state index in [0.717, 1.165) is 52.5 Å². The standard InChI is InChI=1S/C27H37N7OS/c1-8-17(2)25(21(15-28)16-29-5)26(35-7)27(31-24-13-18(3)32-33-24)30-19(4)34(6)22-9-10-23-20(14-22)11-12-36-23/h9-10,13-16H,8,11-12,28H2,1-7H3,(H2,31,32,33)/b21-15+,25-17+,27-26-,29-16?,30-19+. The number of allylic oxidation sites excluding steroid dienone is 2. The molecule has 8 nitrogen and oxygen atoms in total. The summed E-state index contributed by atoms with van der Waals surface area (Å²) in [6.45, 7) is 8.09. The Morgan fingerprint density at radius 3 is 2.72 bits per heavy atom. The number of methoxy groups -OCH3 is 1. The first-order valence-corrected chi connectivity index (χ1v) is 13.0. The van der Waals surface area contributed by atoms with E-state index in [1.54, 1.807) is 26.6 Å². The topological polar surface area (TPSA) is 104 Å². The lowest BCUT2D eigenvalue weighted by atomic mass is 9.98. The molecule has 1 aliphatic rings. The number of rotatable bonds is 9. The Morgan fingerprint density at radius 2 is 2.11 bits per heavy atom. The fourth-order valence-electron chi connectivity index (χ4n) is 3.94. The Balaban J connectivity index is 2.15. The van der Waals surface area contributed by atoms with E-state index in [1.807, 2.05) is 38.7 Å². The maximum Gasteiger partial charge on any atom is 0.176 e. The highest BCUT2D eigenvalue weighted by Crippen LogP contribution is 2.34. The fraction of sp³-hybridized carbons (Fsp3) is 0.370. The summed E-state index contributed by atoms with van der Waals surface area (Å²) in [5.74, 6) is 3.65. The van der Waals surface area contributed by atoms with Crippen LogP contribution in [0.1, 0.15) is 38.4 Å². The molecule has 0 fully saturated rings. The Kier molecular flexibility index (Phi) is 9.41. The molecule has 0 spiro atoms. The number of benzene rings is 1. The molecule has 0 bridgehead atoms. The first-order valence-electron chi connectivity index (χ1n) is 12.0. The lowest BCUT2D eigenvalue weighted by Gasteiger charge is -2.22. The summed E-state index contributed by atoms with van der Waals surface area (Å²) in [7, 11) is 5.38. The average molecular weight is 508 g/mol. The van der Waals surface area contributed by atoms with Crippen molar-refractivity contribution in [1.82, 2.24) is 10.2 Å². The van der Waals surface area contributed by atoms with Gasteiger partial charge < -0.3 is 20.7 Å². The Bertz CT molecular complexity index is 1240. The Morgan fingerprint density at radius 1 is 1.33 bits per heavy atom. The number of H-pyrrole nitrogens is 1. The molecule has 1 aromatic heterocycles. The first-order chi connectivity index (χ1) is 17.3. The van der Waals surface area contributed by atoms with E-state index in [2.05, 4.69) is 57.5 Å². The number of nitrogens with zero attached hydrogens (tertiary/aromatic N) is 4. The highest BCUT2D eigenvalue weighted by molar-refractivity contribution is 7.99. The van der Waals surface area contributed by atoms with E-state index < -0.39 is 0 Å². The Hall–Kier alpha value is -3.46. The molecule has 1 aromatic carbocycles. The molecule has 0 saturated carbocycles. The van der Waals surface area contributed by atoms with Crippen molar-refractivity contribution in [2.24, 2.45) is 15.7 Å². The minimum atomic E-state index is 0.525. The van der Waals surface area contributed by atoms with Gasteiger partial charge in [0.25, 0.3) is 0 Å². The number of amidine groups is 1.